The number of anilines is 2. The third-order valence-electron chi connectivity index (χ3n) is 5.77. The lowest BCUT2D eigenvalue weighted by Crippen LogP contribution is -2.51. The Morgan fingerprint density at radius 3 is 2.34 bits per heavy atom. The molecule has 1 unspecified atom stereocenters. The number of hydrogen-bond donors (Lipinski definition) is 2. The van der Waals surface area contributed by atoms with Gasteiger partial charge in [0.2, 0.25) is 5.91 Å². The monoisotopic (exact) mass is 492 g/mol. The highest BCUT2D eigenvalue weighted by Crippen LogP contribution is 2.53. The highest BCUT2D eigenvalue weighted by atomic mass is 35.5. The number of rotatable bonds is 5. The van der Waals surface area contributed by atoms with E-state index in [4.69, 9.17) is 26.8 Å². The molecule has 10 heteroatoms. The average molecular weight is 493 g/mol. The van der Waals surface area contributed by atoms with Crippen LogP contribution in [0.5, 0.6) is 0 Å². The Labute approximate surface area is 206 Å². The summed E-state index contributed by atoms with van der Waals surface area (Å²) in [6.07, 6.45) is 0. The van der Waals surface area contributed by atoms with E-state index in [2.05, 4.69) is 5.32 Å². The summed E-state index contributed by atoms with van der Waals surface area (Å²) in [5.41, 5.74) is 4.58. The van der Waals surface area contributed by atoms with Crippen molar-refractivity contribution in [1.29, 1.82) is 5.26 Å². The number of nitrogens with two attached hydrogens (primary N) is 1. The zero-order valence-corrected chi connectivity index (χ0v) is 19.7. The van der Waals surface area contributed by atoms with Crippen LogP contribution in [-0.2, 0) is 29.3 Å². The Morgan fingerprint density at radius 1 is 1.09 bits per heavy atom. The molecule has 0 radical (unpaired) electrons. The molecule has 9 nitrogen and oxygen atoms in total. The van der Waals surface area contributed by atoms with Gasteiger partial charge in [0.25, 0.3) is 0 Å². The maximum Gasteiger partial charge on any atom is 0.355 e. The molecule has 2 aliphatic heterocycles. The predicted molar refractivity (Wildman–Crippen MR) is 128 cm³/mol. The molecule has 3 N–H and O–H groups in total. The van der Waals surface area contributed by atoms with Crippen LogP contribution in [-0.4, -0.2) is 31.1 Å². The van der Waals surface area contributed by atoms with E-state index in [-0.39, 0.29) is 35.9 Å². The molecule has 0 bridgehead atoms. The first-order valence-corrected chi connectivity index (χ1v) is 11.2. The number of carbonyl (C=O) groups excluding carboxylic acids is 3. The minimum Gasteiger partial charge on any atom is -0.463 e. The van der Waals surface area contributed by atoms with Crippen LogP contribution in [0.3, 0.4) is 0 Å². The fourth-order valence-corrected chi connectivity index (χ4v) is 4.56. The summed E-state index contributed by atoms with van der Waals surface area (Å²) in [6.45, 7) is 3.13. The number of nitrogens with zero attached hydrogens (tertiary/aromatic N) is 2. The summed E-state index contributed by atoms with van der Waals surface area (Å²) < 4.78 is 10.6. The lowest BCUT2D eigenvalue weighted by molar-refractivity contribution is -0.143. The fraction of sp³-hybridized carbons (Fsp3) is 0.200. The number of para-hydroxylation sites is 1. The average Bonchev–Trinajstić information content (AvgIpc) is 3.12. The predicted octanol–water partition coefficient (Wildman–Crippen LogP) is 3.12. The zero-order valence-electron chi connectivity index (χ0n) is 18.9. The first kappa shape index (κ1) is 23.9. The van der Waals surface area contributed by atoms with Gasteiger partial charge in [-0.25, -0.2) is 9.59 Å². The Morgan fingerprint density at radius 2 is 1.71 bits per heavy atom. The molecule has 0 saturated heterocycles. The fourth-order valence-electron chi connectivity index (χ4n) is 4.44. The summed E-state index contributed by atoms with van der Waals surface area (Å²) in [5.74, 6) is -2.79. The Balaban J connectivity index is 2.18. The number of amides is 1. The summed E-state index contributed by atoms with van der Waals surface area (Å²) in [7, 11) is 0. The maximum absolute atomic E-state index is 13.7. The van der Waals surface area contributed by atoms with Crippen LogP contribution in [0.1, 0.15) is 19.4 Å². The van der Waals surface area contributed by atoms with Gasteiger partial charge in [0.15, 0.2) is 0 Å². The third kappa shape index (κ3) is 3.50. The van der Waals surface area contributed by atoms with E-state index in [9.17, 15) is 19.6 Å². The van der Waals surface area contributed by atoms with Gasteiger partial charge in [-0.1, -0.05) is 29.8 Å². The lowest BCUT2D eigenvalue weighted by atomic mass is 9.67. The molecule has 1 spiro atoms. The van der Waals surface area contributed by atoms with Gasteiger partial charge in [-0.15, -0.1) is 0 Å². The summed E-state index contributed by atoms with van der Waals surface area (Å²) in [5, 5.41) is 13.4. The highest BCUT2D eigenvalue weighted by molar-refractivity contribution is 6.30. The second-order valence-electron chi connectivity index (χ2n) is 7.60. The molecule has 4 rings (SSSR count). The molecule has 2 aromatic carbocycles. The molecule has 178 valence electrons. The minimum absolute atomic E-state index is 0.0165. The molecule has 2 aromatic rings. The van der Waals surface area contributed by atoms with Crippen LogP contribution in [0, 0.1) is 11.3 Å². The van der Waals surface area contributed by atoms with Gasteiger partial charge >= 0.3 is 11.9 Å². The number of halogens is 1. The smallest absolute Gasteiger partial charge is 0.355 e. The number of esters is 2. The van der Waals surface area contributed by atoms with Crippen LogP contribution in [0.4, 0.5) is 11.4 Å². The van der Waals surface area contributed by atoms with Gasteiger partial charge < -0.3 is 20.5 Å². The number of nitrogens with one attached hydrogen (secondary N) is 1. The molecular weight excluding hydrogens is 472 g/mol. The summed E-state index contributed by atoms with van der Waals surface area (Å²) in [6, 6.07) is 14.8. The van der Waals surface area contributed by atoms with Crippen molar-refractivity contribution < 1.29 is 23.9 Å². The number of fused-ring (bicyclic) bond motifs is 2. The minimum atomic E-state index is -2.02. The van der Waals surface area contributed by atoms with E-state index >= 15 is 0 Å². The molecule has 1 atom stereocenters. The van der Waals surface area contributed by atoms with Crippen LogP contribution in [0.15, 0.2) is 71.2 Å². The van der Waals surface area contributed by atoms with E-state index in [1.807, 2.05) is 6.07 Å². The van der Waals surface area contributed by atoms with E-state index in [1.165, 1.54) is 4.90 Å². The quantitative estimate of drug-likeness (QED) is 0.608. The standard InChI is InChI=1S/C25H21ClN4O5/c1-3-34-22(31)19-20(23(32)35-4-2)30(15-11-9-14(26)10-12-15)21(28)17(13-27)25(19)16-7-5-6-8-18(16)29-24(25)33/h5-12H,3-4,28H2,1-2H3,(H,29,33). The lowest BCUT2D eigenvalue weighted by Gasteiger charge is -2.40. The number of ether oxygens (including phenoxy) is 2. The second-order valence-corrected chi connectivity index (χ2v) is 8.03. The van der Waals surface area contributed by atoms with Crippen molar-refractivity contribution in [2.45, 2.75) is 19.3 Å². The topological polar surface area (TPSA) is 135 Å². The van der Waals surface area contributed by atoms with E-state index in [0.29, 0.717) is 22.0 Å². The first-order chi connectivity index (χ1) is 16.8. The van der Waals surface area contributed by atoms with Crippen molar-refractivity contribution >= 4 is 40.8 Å². The first-order valence-electron chi connectivity index (χ1n) is 10.8. The number of benzene rings is 2. The van der Waals surface area contributed by atoms with Gasteiger partial charge in [0.1, 0.15) is 23.0 Å². The number of nitriles is 1. The molecule has 2 aliphatic rings. The molecular formula is C25H21ClN4O5. The SMILES string of the molecule is CCOC(=O)C1=C(C(=O)OCC)C2(C(=O)Nc3ccccc32)C(C#N)=C(N)N1c1ccc(Cl)cc1. The van der Waals surface area contributed by atoms with Crippen LogP contribution in [0.2, 0.25) is 5.02 Å². The van der Waals surface area contributed by atoms with Crippen molar-refractivity contribution in [2.24, 2.45) is 5.73 Å². The normalized spacial score (nSPS) is 18.8. The molecule has 0 saturated carbocycles. The van der Waals surface area contributed by atoms with Crippen LogP contribution < -0.4 is 16.0 Å². The summed E-state index contributed by atoms with van der Waals surface area (Å²) >= 11 is 6.04. The largest absolute Gasteiger partial charge is 0.463 e. The molecule has 2 heterocycles. The van der Waals surface area contributed by atoms with E-state index < -0.39 is 23.3 Å². The molecule has 0 fully saturated rings. The Hall–Kier alpha value is -4.29. The van der Waals surface area contributed by atoms with Crippen molar-refractivity contribution in [3.63, 3.8) is 0 Å². The molecule has 35 heavy (non-hydrogen) atoms. The van der Waals surface area contributed by atoms with Gasteiger partial charge in [-0.05, 0) is 44.2 Å². The molecule has 1 amide bonds. The van der Waals surface area contributed by atoms with Crippen LogP contribution >= 0.6 is 11.6 Å². The molecule has 0 aliphatic carbocycles. The number of hydrogen-bond acceptors (Lipinski definition) is 8. The number of carbonyl (C=O) groups is 3. The van der Waals surface area contributed by atoms with Gasteiger partial charge in [0.05, 0.1) is 24.4 Å². The van der Waals surface area contributed by atoms with Crippen LogP contribution in [0.25, 0.3) is 0 Å². The molecule has 0 aromatic heterocycles. The van der Waals surface area contributed by atoms with Crippen molar-refractivity contribution in [3.8, 4) is 6.07 Å². The Bertz CT molecular complexity index is 1340. The van der Waals surface area contributed by atoms with Crippen molar-refractivity contribution in [3.05, 3.63) is 81.8 Å². The highest BCUT2D eigenvalue weighted by Gasteiger charge is 2.61. The van der Waals surface area contributed by atoms with E-state index in [1.54, 1.807) is 62.4 Å². The maximum atomic E-state index is 13.7. The van der Waals surface area contributed by atoms with Gasteiger partial charge in [-0.3, -0.25) is 9.69 Å². The second kappa shape index (κ2) is 9.16. The van der Waals surface area contributed by atoms with Gasteiger partial charge in [-0.2, -0.15) is 5.26 Å². The van der Waals surface area contributed by atoms with E-state index in [0.717, 1.165) is 0 Å². The van der Waals surface area contributed by atoms with Gasteiger partial charge in [0, 0.05) is 22.0 Å². The third-order valence-corrected chi connectivity index (χ3v) is 6.02. The zero-order chi connectivity index (χ0) is 25.3. The van der Waals surface area contributed by atoms with Crippen molar-refractivity contribution in [2.75, 3.05) is 23.4 Å². The summed E-state index contributed by atoms with van der Waals surface area (Å²) in [4.78, 5) is 41.9. The van der Waals surface area contributed by atoms with Crippen molar-refractivity contribution in [1.82, 2.24) is 0 Å². The Kier molecular flexibility index (Phi) is 6.24.